The van der Waals surface area contributed by atoms with Gasteiger partial charge in [-0.2, -0.15) is 0 Å². The van der Waals surface area contributed by atoms with Crippen LogP contribution in [0.3, 0.4) is 0 Å². The Kier molecular flexibility index (Phi) is 6.55. The van der Waals surface area contributed by atoms with Crippen molar-refractivity contribution in [2.24, 2.45) is 4.99 Å². The maximum absolute atomic E-state index is 13.5. The Labute approximate surface area is 202 Å². The first kappa shape index (κ1) is 22.7. The summed E-state index contributed by atoms with van der Waals surface area (Å²) in [6.07, 6.45) is 1.52. The van der Waals surface area contributed by atoms with Crippen LogP contribution in [0, 0.1) is 16.3 Å². The van der Waals surface area contributed by atoms with Gasteiger partial charge in [-0.1, -0.05) is 23.8 Å². The molecule has 3 aromatic rings. The van der Waals surface area contributed by atoms with Gasteiger partial charge in [0.2, 0.25) is 5.90 Å². The smallest absolute Gasteiger partial charge is 0.363 e. The Morgan fingerprint density at radius 1 is 1.12 bits per heavy atom. The third-order valence-electron chi connectivity index (χ3n) is 4.73. The number of carbonyl (C=O) groups excluding carboxylic acids is 2. The number of rotatable bonds is 5. The van der Waals surface area contributed by atoms with Crippen LogP contribution in [0.4, 0.5) is 4.39 Å². The molecule has 0 fully saturated rings. The Balaban J connectivity index is 1.62. The van der Waals surface area contributed by atoms with Crippen molar-refractivity contribution < 1.29 is 28.2 Å². The van der Waals surface area contributed by atoms with Crippen LogP contribution >= 0.6 is 22.6 Å². The molecule has 0 aromatic heterocycles. The van der Waals surface area contributed by atoms with Crippen molar-refractivity contribution in [2.75, 3.05) is 7.11 Å². The van der Waals surface area contributed by atoms with Gasteiger partial charge in [0, 0.05) is 5.56 Å². The van der Waals surface area contributed by atoms with Gasteiger partial charge in [0.05, 0.1) is 16.2 Å². The molecule has 0 bridgehead atoms. The van der Waals surface area contributed by atoms with E-state index in [1.165, 1.54) is 31.4 Å². The number of halogens is 2. The summed E-state index contributed by atoms with van der Waals surface area (Å²) in [7, 11) is 1.45. The van der Waals surface area contributed by atoms with Crippen molar-refractivity contribution in [3.05, 3.63) is 98.0 Å². The van der Waals surface area contributed by atoms with Crippen molar-refractivity contribution >= 4 is 46.5 Å². The predicted octanol–water partition coefficient (Wildman–Crippen LogP) is 5.31. The molecule has 0 aliphatic carbocycles. The molecular weight excluding hydrogens is 540 g/mol. The highest BCUT2D eigenvalue weighted by Gasteiger charge is 2.25. The topological polar surface area (TPSA) is 74.2 Å². The molecule has 0 radical (unpaired) electrons. The summed E-state index contributed by atoms with van der Waals surface area (Å²) in [5.74, 6) is -1.02. The molecule has 0 N–H and O–H groups in total. The molecule has 0 amide bonds. The first-order chi connectivity index (χ1) is 15.8. The van der Waals surface area contributed by atoms with Crippen molar-refractivity contribution in [1.82, 2.24) is 0 Å². The number of nitrogens with zero attached hydrogens (tertiary/aromatic N) is 1. The third-order valence-corrected chi connectivity index (χ3v) is 5.53. The summed E-state index contributed by atoms with van der Waals surface area (Å²) in [4.78, 5) is 29.0. The summed E-state index contributed by atoms with van der Waals surface area (Å²) in [6.45, 7) is 1.93. The predicted molar refractivity (Wildman–Crippen MR) is 129 cm³/mol. The van der Waals surface area contributed by atoms with Crippen molar-refractivity contribution in [1.29, 1.82) is 0 Å². The molecule has 1 heterocycles. The van der Waals surface area contributed by atoms with Gasteiger partial charge in [-0.3, -0.25) is 0 Å². The van der Waals surface area contributed by atoms with Gasteiger partial charge in [-0.25, -0.2) is 19.0 Å². The molecule has 6 nitrogen and oxygen atoms in total. The minimum atomic E-state index is -0.655. The summed E-state index contributed by atoms with van der Waals surface area (Å²) >= 11 is 2.02. The molecule has 3 aromatic carbocycles. The fraction of sp³-hybridized carbons (Fsp3) is 0.0800. The quantitative estimate of drug-likeness (QED) is 0.184. The van der Waals surface area contributed by atoms with Gasteiger partial charge in [0.25, 0.3) is 0 Å². The highest BCUT2D eigenvalue weighted by atomic mass is 127. The second-order valence-corrected chi connectivity index (χ2v) is 8.30. The number of cyclic esters (lactones) is 1. The summed E-state index contributed by atoms with van der Waals surface area (Å²) in [5, 5.41) is 0. The first-order valence-electron chi connectivity index (χ1n) is 9.79. The number of ether oxygens (including phenoxy) is 3. The number of carbonyl (C=O) groups is 2. The van der Waals surface area contributed by atoms with Gasteiger partial charge in [-0.15, -0.1) is 0 Å². The maximum Gasteiger partial charge on any atom is 0.363 e. The van der Waals surface area contributed by atoms with E-state index in [2.05, 4.69) is 4.99 Å². The van der Waals surface area contributed by atoms with Crippen molar-refractivity contribution in [2.45, 2.75) is 6.92 Å². The largest absolute Gasteiger partial charge is 0.493 e. The van der Waals surface area contributed by atoms with Crippen molar-refractivity contribution in [3.63, 3.8) is 0 Å². The number of hydrogen-bond acceptors (Lipinski definition) is 6. The van der Waals surface area contributed by atoms with E-state index in [-0.39, 0.29) is 17.3 Å². The molecule has 166 valence electrons. The minimum Gasteiger partial charge on any atom is -0.493 e. The van der Waals surface area contributed by atoms with Crippen LogP contribution in [0.1, 0.15) is 27.0 Å². The average Bonchev–Trinajstić information content (AvgIpc) is 3.16. The number of aliphatic imine (C=N–C) groups is 1. The van der Waals surface area contributed by atoms with E-state index >= 15 is 0 Å². The van der Waals surface area contributed by atoms with Crippen LogP contribution in [0.25, 0.3) is 6.08 Å². The van der Waals surface area contributed by atoms with Gasteiger partial charge in [0.15, 0.2) is 17.2 Å². The number of methoxy groups -OCH3 is 1. The number of benzene rings is 3. The zero-order chi connectivity index (χ0) is 23.5. The number of esters is 2. The van der Waals surface area contributed by atoms with E-state index in [4.69, 9.17) is 14.2 Å². The average molecular weight is 557 g/mol. The van der Waals surface area contributed by atoms with Crippen LogP contribution in [-0.2, 0) is 9.53 Å². The molecule has 33 heavy (non-hydrogen) atoms. The van der Waals surface area contributed by atoms with Crippen LogP contribution in [-0.4, -0.2) is 24.9 Å². The fourth-order valence-corrected chi connectivity index (χ4v) is 3.81. The fourth-order valence-electron chi connectivity index (χ4n) is 3.08. The van der Waals surface area contributed by atoms with Crippen LogP contribution in [0.2, 0.25) is 0 Å². The maximum atomic E-state index is 13.5. The Bertz CT molecular complexity index is 1310. The summed E-state index contributed by atoms with van der Waals surface area (Å²) in [5.41, 5.74) is 2.44. The van der Waals surface area contributed by atoms with E-state index in [0.717, 1.165) is 5.56 Å². The Morgan fingerprint density at radius 3 is 2.58 bits per heavy atom. The second-order valence-electron chi connectivity index (χ2n) is 7.14. The SMILES string of the molecule is COc1cc(/C=C2\N=C(c3cccc(F)c3)OC2=O)cc(I)c1OC(=O)c1ccc(C)cc1. The number of aryl methyl sites for hydroxylation is 1. The van der Waals surface area contributed by atoms with Gasteiger partial charge in [-0.05, 0) is 83.6 Å². The van der Waals surface area contributed by atoms with E-state index in [0.29, 0.717) is 26.0 Å². The summed E-state index contributed by atoms with van der Waals surface area (Å²) in [6, 6.07) is 16.0. The molecule has 0 saturated carbocycles. The van der Waals surface area contributed by atoms with Gasteiger partial charge < -0.3 is 14.2 Å². The van der Waals surface area contributed by atoms with Crippen molar-refractivity contribution in [3.8, 4) is 11.5 Å². The highest BCUT2D eigenvalue weighted by molar-refractivity contribution is 14.1. The molecule has 8 heteroatoms. The van der Waals surface area contributed by atoms with Gasteiger partial charge >= 0.3 is 11.9 Å². The lowest BCUT2D eigenvalue weighted by Crippen LogP contribution is -2.10. The Morgan fingerprint density at radius 2 is 1.88 bits per heavy atom. The van der Waals surface area contributed by atoms with Gasteiger partial charge in [0.1, 0.15) is 5.82 Å². The van der Waals surface area contributed by atoms with Crippen LogP contribution in [0.15, 0.2) is 71.4 Å². The lowest BCUT2D eigenvalue weighted by atomic mass is 10.1. The molecule has 0 saturated heterocycles. The standard InChI is InChI=1S/C25H17FINO5/c1-14-6-8-16(9-7-14)24(29)32-22-19(27)10-15(12-21(22)31-2)11-20-25(30)33-23(28-20)17-4-3-5-18(26)13-17/h3-13H,1-2H3/b20-11-. The zero-order valence-electron chi connectivity index (χ0n) is 17.6. The molecule has 0 atom stereocenters. The first-order valence-corrected chi connectivity index (χ1v) is 10.9. The molecule has 0 unspecified atom stereocenters. The third kappa shape index (κ3) is 5.11. The molecule has 1 aliphatic rings. The minimum absolute atomic E-state index is 0.0241. The lowest BCUT2D eigenvalue weighted by Gasteiger charge is -2.12. The zero-order valence-corrected chi connectivity index (χ0v) is 19.8. The number of hydrogen-bond donors (Lipinski definition) is 0. The van der Waals surface area contributed by atoms with E-state index in [1.54, 1.807) is 30.3 Å². The molecular formula is C25H17FINO5. The lowest BCUT2D eigenvalue weighted by molar-refractivity contribution is -0.129. The van der Waals surface area contributed by atoms with Crippen LogP contribution in [0.5, 0.6) is 11.5 Å². The van der Waals surface area contributed by atoms with E-state index in [1.807, 2.05) is 41.6 Å². The summed E-state index contributed by atoms with van der Waals surface area (Å²) < 4.78 is 30.3. The monoisotopic (exact) mass is 557 g/mol. The second kappa shape index (κ2) is 9.53. The highest BCUT2D eigenvalue weighted by Crippen LogP contribution is 2.35. The molecule has 0 spiro atoms. The van der Waals surface area contributed by atoms with E-state index < -0.39 is 17.8 Å². The molecule has 4 rings (SSSR count). The van der Waals surface area contributed by atoms with E-state index in [9.17, 15) is 14.0 Å². The normalized spacial score (nSPS) is 14.1. The van der Waals surface area contributed by atoms with Crippen LogP contribution < -0.4 is 9.47 Å². The Hall–Kier alpha value is -3.53. The molecule has 1 aliphatic heterocycles.